The maximum atomic E-state index is 12.6. The van der Waals surface area contributed by atoms with Gasteiger partial charge in [-0.1, -0.05) is 41.2 Å². The van der Waals surface area contributed by atoms with Crippen molar-refractivity contribution in [3.8, 4) is 11.5 Å². The summed E-state index contributed by atoms with van der Waals surface area (Å²) >= 11 is 1.45. The number of fused-ring (bicyclic) bond motifs is 1. The number of aryl methyl sites for hydroxylation is 1. The van der Waals surface area contributed by atoms with Crippen LogP contribution in [0.3, 0.4) is 0 Å². The van der Waals surface area contributed by atoms with Crippen molar-refractivity contribution in [2.24, 2.45) is 4.99 Å². The Labute approximate surface area is 168 Å². The second-order valence-electron chi connectivity index (χ2n) is 6.37. The van der Waals surface area contributed by atoms with E-state index in [0.717, 1.165) is 21.3 Å². The van der Waals surface area contributed by atoms with E-state index in [1.807, 2.05) is 47.9 Å². The topological polar surface area (TPSA) is 62.1 Å². The highest BCUT2D eigenvalue weighted by Gasteiger charge is 2.13. The summed E-state index contributed by atoms with van der Waals surface area (Å²) in [5.74, 6) is 1.10. The van der Waals surface area contributed by atoms with Crippen molar-refractivity contribution in [2.75, 3.05) is 27.9 Å². The second kappa shape index (κ2) is 9.03. The lowest BCUT2D eigenvalue weighted by Crippen LogP contribution is -2.19. The summed E-state index contributed by atoms with van der Waals surface area (Å²) in [6.07, 6.45) is 0.269. The molecule has 6 nitrogen and oxygen atoms in total. The van der Waals surface area contributed by atoms with Gasteiger partial charge in [0.1, 0.15) is 0 Å². The van der Waals surface area contributed by atoms with Crippen molar-refractivity contribution in [1.82, 2.24) is 4.57 Å². The van der Waals surface area contributed by atoms with Gasteiger partial charge in [-0.3, -0.25) is 4.79 Å². The van der Waals surface area contributed by atoms with E-state index in [-0.39, 0.29) is 12.3 Å². The minimum absolute atomic E-state index is 0.180. The molecule has 0 fully saturated rings. The van der Waals surface area contributed by atoms with Gasteiger partial charge in [-0.15, -0.1) is 0 Å². The molecule has 1 aromatic heterocycles. The Morgan fingerprint density at radius 3 is 2.39 bits per heavy atom. The SMILES string of the molecule is COCCn1c(=NC(=O)Cc2ccc(C)cc2)sc2cc(OC)c(OC)cc21. The minimum Gasteiger partial charge on any atom is -0.493 e. The fourth-order valence-electron chi connectivity index (χ4n) is 2.91. The summed E-state index contributed by atoms with van der Waals surface area (Å²) in [4.78, 5) is 17.6. The monoisotopic (exact) mass is 400 g/mol. The molecule has 1 amide bonds. The zero-order valence-corrected chi connectivity index (χ0v) is 17.3. The van der Waals surface area contributed by atoms with Gasteiger partial charge in [0.05, 0.1) is 37.5 Å². The smallest absolute Gasteiger partial charge is 0.252 e. The summed E-state index contributed by atoms with van der Waals surface area (Å²) < 4.78 is 19.0. The Balaban J connectivity index is 2.03. The van der Waals surface area contributed by atoms with E-state index >= 15 is 0 Å². The lowest BCUT2D eigenvalue weighted by molar-refractivity contribution is -0.117. The van der Waals surface area contributed by atoms with Crippen molar-refractivity contribution in [2.45, 2.75) is 19.9 Å². The lowest BCUT2D eigenvalue weighted by atomic mass is 10.1. The summed E-state index contributed by atoms with van der Waals surface area (Å²) in [7, 11) is 4.86. The quantitative estimate of drug-likeness (QED) is 0.610. The summed E-state index contributed by atoms with van der Waals surface area (Å²) in [5.41, 5.74) is 3.05. The van der Waals surface area contributed by atoms with Crippen LogP contribution in [0, 0.1) is 6.92 Å². The van der Waals surface area contributed by atoms with E-state index in [1.54, 1.807) is 21.3 Å². The molecule has 0 aliphatic rings. The highest BCUT2D eigenvalue weighted by atomic mass is 32.1. The van der Waals surface area contributed by atoms with Gasteiger partial charge in [-0.05, 0) is 12.5 Å². The number of rotatable bonds is 7. The van der Waals surface area contributed by atoms with Gasteiger partial charge < -0.3 is 18.8 Å². The predicted molar refractivity (Wildman–Crippen MR) is 110 cm³/mol. The first-order chi connectivity index (χ1) is 13.5. The van der Waals surface area contributed by atoms with E-state index in [2.05, 4.69) is 4.99 Å². The number of methoxy groups -OCH3 is 3. The Hall–Kier alpha value is -2.64. The third kappa shape index (κ3) is 4.43. The highest BCUT2D eigenvalue weighted by molar-refractivity contribution is 7.16. The number of benzene rings is 2. The van der Waals surface area contributed by atoms with Crippen molar-refractivity contribution in [3.63, 3.8) is 0 Å². The molecule has 2 aromatic carbocycles. The van der Waals surface area contributed by atoms with Gasteiger partial charge in [0, 0.05) is 25.8 Å². The van der Waals surface area contributed by atoms with E-state index in [0.29, 0.717) is 29.5 Å². The Morgan fingerprint density at radius 1 is 1.07 bits per heavy atom. The molecule has 7 heteroatoms. The van der Waals surface area contributed by atoms with Gasteiger partial charge in [0.2, 0.25) is 0 Å². The molecule has 0 unspecified atom stereocenters. The van der Waals surface area contributed by atoms with E-state index in [9.17, 15) is 4.79 Å². The van der Waals surface area contributed by atoms with Crippen LogP contribution in [0.5, 0.6) is 11.5 Å². The third-order valence-electron chi connectivity index (χ3n) is 4.40. The van der Waals surface area contributed by atoms with Crippen LogP contribution in [0.1, 0.15) is 11.1 Å². The number of hydrogen-bond donors (Lipinski definition) is 0. The van der Waals surface area contributed by atoms with Crippen molar-refractivity contribution >= 4 is 27.5 Å². The number of hydrogen-bond acceptors (Lipinski definition) is 5. The van der Waals surface area contributed by atoms with Crippen LogP contribution in [-0.4, -0.2) is 38.4 Å². The van der Waals surface area contributed by atoms with Gasteiger partial charge in [-0.2, -0.15) is 4.99 Å². The Kier molecular flexibility index (Phi) is 6.49. The van der Waals surface area contributed by atoms with Gasteiger partial charge >= 0.3 is 0 Å². The molecule has 3 rings (SSSR count). The average Bonchev–Trinajstić information content (AvgIpc) is 3.02. The molecule has 28 heavy (non-hydrogen) atoms. The third-order valence-corrected chi connectivity index (χ3v) is 5.44. The number of aromatic nitrogens is 1. The maximum absolute atomic E-state index is 12.6. The predicted octanol–water partition coefficient (Wildman–Crippen LogP) is 3.34. The normalized spacial score (nSPS) is 11.8. The van der Waals surface area contributed by atoms with Crippen molar-refractivity contribution in [3.05, 3.63) is 52.3 Å². The molecule has 3 aromatic rings. The van der Waals surface area contributed by atoms with Crippen LogP contribution in [-0.2, 0) is 22.5 Å². The molecule has 148 valence electrons. The summed E-state index contributed by atoms with van der Waals surface area (Å²) in [6, 6.07) is 11.7. The van der Waals surface area contributed by atoms with Crippen molar-refractivity contribution in [1.29, 1.82) is 0 Å². The number of amides is 1. The molecule has 0 N–H and O–H groups in total. The molecule has 1 heterocycles. The zero-order valence-electron chi connectivity index (χ0n) is 16.5. The first kappa shape index (κ1) is 20.1. The van der Waals surface area contributed by atoms with Crippen LogP contribution in [0.2, 0.25) is 0 Å². The maximum Gasteiger partial charge on any atom is 0.252 e. The molecule has 0 aliphatic heterocycles. The number of carbonyl (C=O) groups is 1. The largest absolute Gasteiger partial charge is 0.493 e. The van der Waals surface area contributed by atoms with Crippen LogP contribution in [0.25, 0.3) is 10.2 Å². The Morgan fingerprint density at radius 2 is 1.75 bits per heavy atom. The molecule has 0 saturated carbocycles. The lowest BCUT2D eigenvalue weighted by Gasteiger charge is -2.09. The zero-order chi connectivity index (χ0) is 20.1. The summed E-state index contributed by atoms with van der Waals surface area (Å²) in [5, 5.41) is 0. The van der Waals surface area contributed by atoms with Crippen LogP contribution in [0.15, 0.2) is 41.4 Å². The molecule has 0 aliphatic carbocycles. The van der Waals surface area contributed by atoms with Crippen molar-refractivity contribution < 1.29 is 19.0 Å². The van der Waals surface area contributed by atoms with Gasteiger partial charge in [0.25, 0.3) is 5.91 Å². The van der Waals surface area contributed by atoms with Crippen LogP contribution in [0.4, 0.5) is 0 Å². The minimum atomic E-state index is -0.180. The Bertz CT molecular complexity index is 1030. The molecular weight excluding hydrogens is 376 g/mol. The van der Waals surface area contributed by atoms with Gasteiger partial charge in [0.15, 0.2) is 16.3 Å². The molecule has 0 spiro atoms. The van der Waals surface area contributed by atoms with E-state index < -0.39 is 0 Å². The standard InChI is InChI=1S/C21H24N2O4S/c1-14-5-7-15(8-6-14)11-20(24)22-21-23(9-10-25-2)16-12-17(26-3)18(27-4)13-19(16)28-21/h5-8,12-13H,9-11H2,1-4H3. The highest BCUT2D eigenvalue weighted by Crippen LogP contribution is 2.33. The summed E-state index contributed by atoms with van der Waals surface area (Å²) in [6.45, 7) is 3.12. The molecular formula is C21H24N2O4S. The number of nitrogens with zero attached hydrogens (tertiary/aromatic N) is 2. The molecule has 0 bridgehead atoms. The van der Waals surface area contributed by atoms with E-state index in [1.165, 1.54) is 11.3 Å². The fraction of sp³-hybridized carbons (Fsp3) is 0.333. The van der Waals surface area contributed by atoms with Crippen LogP contribution >= 0.6 is 11.3 Å². The molecule has 0 radical (unpaired) electrons. The second-order valence-corrected chi connectivity index (χ2v) is 7.38. The number of carbonyl (C=O) groups excluding carboxylic acids is 1. The van der Waals surface area contributed by atoms with Crippen LogP contribution < -0.4 is 14.3 Å². The molecule has 0 saturated heterocycles. The van der Waals surface area contributed by atoms with Gasteiger partial charge in [-0.25, -0.2) is 0 Å². The van der Waals surface area contributed by atoms with E-state index in [4.69, 9.17) is 14.2 Å². The fourth-order valence-corrected chi connectivity index (χ4v) is 3.99. The number of ether oxygens (including phenoxy) is 3. The average molecular weight is 401 g/mol. The first-order valence-electron chi connectivity index (χ1n) is 8.93. The number of thiazole rings is 1. The molecule has 0 atom stereocenters. The first-order valence-corrected chi connectivity index (χ1v) is 9.74.